The molecule has 0 saturated heterocycles. The maximum absolute atomic E-state index is 14.0. The average molecular weight is 460 g/mol. The topological polar surface area (TPSA) is 38.8 Å². The molecule has 35 heavy (non-hydrogen) atoms. The van der Waals surface area contributed by atoms with Crippen LogP contribution >= 0.6 is 0 Å². The largest absolute Gasteiger partial charge is 0.454 e. The first-order valence-corrected chi connectivity index (χ1v) is 12.3. The summed E-state index contributed by atoms with van der Waals surface area (Å²) in [4.78, 5) is 16.1. The second-order valence-electron chi connectivity index (χ2n) is 9.49. The molecule has 0 unspecified atom stereocenters. The lowest BCUT2D eigenvalue weighted by Gasteiger charge is -2.42. The van der Waals surface area contributed by atoms with Crippen LogP contribution in [0, 0.1) is 0 Å². The van der Waals surface area contributed by atoms with E-state index < -0.39 is 0 Å². The molecular formula is C31H25NO3. The van der Waals surface area contributed by atoms with Gasteiger partial charge in [0, 0.05) is 12.1 Å². The second-order valence-corrected chi connectivity index (χ2v) is 9.49. The van der Waals surface area contributed by atoms with Gasteiger partial charge in [0.15, 0.2) is 11.5 Å². The number of hydrogen-bond acceptors (Lipinski definition) is 3. The molecule has 0 N–H and O–H groups in total. The lowest BCUT2D eigenvalue weighted by atomic mass is 9.76. The first-order chi connectivity index (χ1) is 17.3. The lowest BCUT2D eigenvalue weighted by molar-refractivity contribution is 0.0695. The number of carbonyl (C=O) groups is 1. The highest BCUT2D eigenvalue weighted by Crippen LogP contribution is 2.47. The number of aryl methyl sites for hydroxylation is 1. The van der Waals surface area contributed by atoms with Crippen LogP contribution < -0.4 is 9.47 Å². The Morgan fingerprint density at radius 2 is 1.60 bits per heavy atom. The number of hydrogen-bond donors (Lipinski definition) is 0. The molecule has 4 aromatic carbocycles. The summed E-state index contributed by atoms with van der Waals surface area (Å²) in [6, 6.07) is 28.9. The van der Waals surface area contributed by atoms with Gasteiger partial charge in [-0.2, -0.15) is 0 Å². The van der Waals surface area contributed by atoms with Gasteiger partial charge in [0.2, 0.25) is 6.79 Å². The third-order valence-electron chi connectivity index (χ3n) is 7.61. The van der Waals surface area contributed by atoms with Crippen molar-refractivity contribution in [2.75, 3.05) is 13.3 Å². The van der Waals surface area contributed by atoms with Gasteiger partial charge >= 0.3 is 0 Å². The monoisotopic (exact) mass is 459 g/mol. The number of ether oxygens (including phenoxy) is 2. The van der Waals surface area contributed by atoms with Crippen LogP contribution in [0.5, 0.6) is 11.5 Å². The van der Waals surface area contributed by atoms with E-state index in [0.717, 1.165) is 52.7 Å². The van der Waals surface area contributed by atoms with Crippen LogP contribution in [0.4, 0.5) is 0 Å². The molecule has 0 fully saturated rings. The van der Waals surface area contributed by atoms with E-state index in [2.05, 4.69) is 53.4 Å². The van der Waals surface area contributed by atoms with Gasteiger partial charge in [0.05, 0.1) is 6.04 Å². The Kier molecular flexibility index (Phi) is 4.66. The van der Waals surface area contributed by atoms with Crippen molar-refractivity contribution in [2.45, 2.75) is 25.3 Å². The van der Waals surface area contributed by atoms with Crippen molar-refractivity contribution in [1.29, 1.82) is 0 Å². The number of benzene rings is 4. The van der Waals surface area contributed by atoms with Gasteiger partial charge in [-0.3, -0.25) is 4.79 Å². The Morgan fingerprint density at radius 3 is 2.54 bits per heavy atom. The fourth-order valence-corrected chi connectivity index (χ4v) is 5.94. The minimum Gasteiger partial charge on any atom is -0.454 e. The summed E-state index contributed by atoms with van der Waals surface area (Å²) >= 11 is 0. The second kappa shape index (κ2) is 8.02. The zero-order valence-corrected chi connectivity index (χ0v) is 19.4. The summed E-state index contributed by atoms with van der Waals surface area (Å²) in [5.41, 5.74) is 7.31. The third kappa shape index (κ3) is 3.32. The van der Waals surface area contributed by atoms with Gasteiger partial charge in [-0.05, 0) is 82.1 Å². The molecule has 0 saturated carbocycles. The molecule has 4 heteroatoms. The molecule has 3 aliphatic rings. The van der Waals surface area contributed by atoms with Crippen molar-refractivity contribution in [3.63, 3.8) is 0 Å². The smallest absolute Gasteiger partial charge is 0.254 e. The van der Waals surface area contributed by atoms with E-state index in [0.29, 0.717) is 6.54 Å². The Bertz CT molecular complexity index is 1520. The molecule has 2 heterocycles. The lowest BCUT2D eigenvalue weighted by Crippen LogP contribution is -2.40. The third-order valence-corrected chi connectivity index (χ3v) is 7.61. The zero-order valence-electron chi connectivity index (χ0n) is 19.4. The van der Waals surface area contributed by atoms with Crippen molar-refractivity contribution < 1.29 is 14.3 Å². The van der Waals surface area contributed by atoms with Gasteiger partial charge in [0.1, 0.15) is 0 Å². The predicted molar refractivity (Wildman–Crippen MR) is 137 cm³/mol. The van der Waals surface area contributed by atoms with Crippen LogP contribution in [0.15, 0.2) is 90.5 Å². The summed E-state index contributed by atoms with van der Waals surface area (Å²) in [5, 5.41) is 2.23. The Balaban J connectivity index is 1.36. The molecule has 0 radical (unpaired) electrons. The van der Waals surface area contributed by atoms with Gasteiger partial charge in [-0.1, -0.05) is 60.7 Å². The van der Waals surface area contributed by atoms with Crippen molar-refractivity contribution >= 4 is 22.3 Å². The number of amides is 1. The Hall–Kier alpha value is -4.05. The fraction of sp³-hybridized carbons (Fsp3) is 0.194. The molecule has 0 aromatic heterocycles. The summed E-state index contributed by atoms with van der Waals surface area (Å²) < 4.78 is 11.3. The van der Waals surface area contributed by atoms with Crippen molar-refractivity contribution in [3.8, 4) is 11.5 Å². The van der Waals surface area contributed by atoms with Crippen LogP contribution in [0.25, 0.3) is 16.3 Å². The minimum atomic E-state index is -0.124. The SMILES string of the molecule is O=C(c1ccc2ccccc2c1)N1CCC2=C(CCc3ccccc32)[C@H]1c1ccc2c(c1)OCO2. The summed E-state index contributed by atoms with van der Waals surface area (Å²) in [6.45, 7) is 0.919. The average Bonchev–Trinajstić information content (AvgIpc) is 3.39. The van der Waals surface area contributed by atoms with Gasteiger partial charge in [-0.15, -0.1) is 0 Å². The highest BCUT2D eigenvalue weighted by molar-refractivity contribution is 5.99. The molecular weight excluding hydrogens is 434 g/mol. The van der Waals surface area contributed by atoms with Gasteiger partial charge in [-0.25, -0.2) is 0 Å². The normalized spacial score (nSPS) is 18.4. The molecule has 0 spiro atoms. The molecule has 2 aliphatic heterocycles. The molecule has 1 aliphatic carbocycles. The van der Waals surface area contributed by atoms with Gasteiger partial charge < -0.3 is 14.4 Å². The molecule has 1 atom stereocenters. The zero-order chi connectivity index (χ0) is 23.4. The molecule has 4 nitrogen and oxygen atoms in total. The maximum atomic E-state index is 14.0. The Morgan fingerprint density at radius 1 is 0.771 bits per heavy atom. The molecule has 1 amide bonds. The number of nitrogens with zero attached hydrogens (tertiary/aromatic N) is 1. The molecule has 4 aromatic rings. The highest BCUT2D eigenvalue weighted by Gasteiger charge is 2.37. The summed E-state index contributed by atoms with van der Waals surface area (Å²) in [7, 11) is 0. The Labute approximate surface area is 204 Å². The van der Waals surface area contributed by atoms with E-state index in [-0.39, 0.29) is 18.7 Å². The fourth-order valence-electron chi connectivity index (χ4n) is 5.94. The standard InChI is InChI=1S/C31H25NO3/c33-31(24-10-9-20-5-1-2-7-22(20)17-24)32-16-15-26-25-8-4-3-6-21(25)11-13-27(26)30(32)23-12-14-28-29(18-23)35-19-34-28/h1-10,12,14,17-18,30H,11,13,15-16,19H2/t30-/m1/s1. The number of rotatable bonds is 2. The van der Waals surface area contributed by atoms with E-state index >= 15 is 0 Å². The molecule has 7 rings (SSSR count). The van der Waals surface area contributed by atoms with Gasteiger partial charge in [0.25, 0.3) is 5.91 Å². The first kappa shape index (κ1) is 20.3. The van der Waals surface area contributed by atoms with E-state index in [1.807, 2.05) is 36.4 Å². The van der Waals surface area contributed by atoms with Crippen LogP contribution in [0.3, 0.4) is 0 Å². The predicted octanol–water partition coefficient (Wildman–Crippen LogP) is 6.56. The van der Waals surface area contributed by atoms with Crippen LogP contribution in [0.1, 0.15) is 45.9 Å². The quantitative estimate of drug-likeness (QED) is 0.341. The van der Waals surface area contributed by atoms with Crippen molar-refractivity contribution in [3.05, 3.63) is 113 Å². The summed E-state index contributed by atoms with van der Waals surface area (Å²) in [5.74, 6) is 1.59. The van der Waals surface area contributed by atoms with Crippen LogP contribution in [-0.2, 0) is 6.42 Å². The summed E-state index contributed by atoms with van der Waals surface area (Å²) in [6.07, 6.45) is 2.81. The number of carbonyl (C=O) groups excluding carboxylic acids is 1. The van der Waals surface area contributed by atoms with E-state index in [1.54, 1.807) is 0 Å². The minimum absolute atomic E-state index is 0.0730. The highest BCUT2D eigenvalue weighted by atomic mass is 16.7. The van der Waals surface area contributed by atoms with Crippen LogP contribution in [0.2, 0.25) is 0 Å². The van der Waals surface area contributed by atoms with E-state index in [9.17, 15) is 4.79 Å². The number of fused-ring (bicyclic) bond motifs is 4. The van der Waals surface area contributed by atoms with Crippen molar-refractivity contribution in [1.82, 2.24) is 4.90 Å². The first-order valence-electron chi connectivity index (χ1n) is 12.3. The molecule has 172 valence electrons. The van der Waals surface area contributed by atoms with Crippen molar-refractivity contribution in [2.24, 2.45) is 0 Å². The maximum Gasteiger partial charge on any atom is 0.254 e. The molecule has 0 bridgehead atoms. The van der Waals surface area contributed by atoms with Crippen LogP contribution in [-0.4, -0.2) is 24.1 Å². The van der Waals surface area contributed by atoms with E-state index in [1.165, 1.54) is 22.3 Å². The van der Waals surface area contributed by atoms with E-state index in [4.69, 9.17) is 9.47 Å².